The van der Waals surface area contributed by atoms with Crippen LogP contribution in [0.25, 0.3) is 0 Å². The fourth-order valence-corrected chi connectivity index (χ4v) is 2.81. The Hall–Kier alpha value is -3.54. The third-order valence-electron chi connectivity index (χ3n) is 4.47. The molecular weight excluding hydrogens is 392 g/mol. The van der Waals surface area contributed by atoms with Crippen LogP contribution < -0.4 is 0 Å². The molecule has 0 bridgehead atoms. The smallest absolute Gasteiger partial charge is 0.325 e. The molecule has 2 aromatic rings. The van der Waals surface area contributed by atoms with Gasteiger partial charge in [0.05, 0.1) is 13.2 Å². The van der Waals surface area contributed by atoms with E-state index in [1.165, 1.54) is 0 Å². The summed E-state index contributed by atoms with van der Waals surface area (Å²) in [6, 6.07) is 18.2. The van der Waals surface area contributed by atoms with Crippen molar-refractivity contribution < 1.29 is 24.2 Å². The topological polar surface area (TPSA) is 72.8 Å². The van der Waals surface area contributed by atoms with E-state index >= 15 is 0 Å². The van der Waals surface area contributed by atoms with Gasteiger partial charge in [-0.3, -0.25) is 9.59 Å². The van der Waals surface area contributed by atoms with Gasteiger partial charge in [0, 0.05) is 18.4 Å². The Morgan fingerprint density at radius 3 is 1.94 bits per heavy atom. The molecule has 31 heavy (non-hydrogen) atoms. The molecule has 1 N–H and O–H groups in total. The number of aliphatic hydroxyl groups is 1. The third kappa shape index (κ3) is 6.74. The molecule has 0 heterocycles. The minimum absolute atomic E-state index is 0.103. The molecule has 5 heteroatoms. The lowest BCUT2D eigenvalue weighted by Gasteiger charge is -2.25. The largest absolute Gasteiger partial charge is 0.465 e. The van der Waals surface area contributed by atoms with Gasteiger partial charge < -0.3 is 14.6 Å². The van der Waals surface area contributed by atoms with E-state index in [9.17, 15) is 14.7 Å². The summed E-state index contributed by atoms with van der Waals surface area (Å²) in [7, 11) is 0. The van der Waals surface area contributed by atoms with Gasteiger partial charge in [-0.15, -0.1) is 0 Å². The molecule has 0 aliphatic rings. The number of carbonyl (C=O) groups excluding carboxylic acids is 2. The normalized spacial score (nSPS) is 11.2. The van der Waals surface area contributed by atoms with Crippen LogP contribution in [0.3, 0.4) is 0 Å². The summed E-state index contributed by atoms with van der Waals surface area (Å²) in [5.74, 6) is 9.87. The zero-order valence-electron chi connectivity index (χ0n) is 17.8. The molecule has 2 aromatic carbocycles. The van der Waals surface area contributed by atoms with Gasteiger partial charge in [0.1, 0.15) is 6.10 Å². The number of ether oxygens (including phenoxy) is 2. The van der Waals surface area contributed by atoms with Crippen LogP contribution in [0.5, 0.6) is 0 Å². The minimum Gasteiger partial charge on any atom is -0.465 e. The summed E-state index contributed by atoms with van der Waals surface area (Å²) < 4.78 is 10.4. The lowest BCUT2D eigenvalue weighted by Crippen LogP contribution is -2.41. The van der Waals surface area contributed by atoms with Gasteiger partial charge in [0.25, 0.3) is 0 Å². The van der Waals surface area contributed by atoms with Gasteiger partial charge in [0.15, 0.2) is 5.41 Å². The zero-order chi connectivity index (χ0) is 22.5. The summed E-state index contributed by atoms with van der Waals surface area (Å²) in [4.78, 5) is 25.7. The first kappa shape index (κ1) is 23.7. The predicted molar refractivity (Wildman–Crippen MR) is 117 cm³/mol. The van der Waals surface area contributed by atoms with Gasteiger partial charge in [0.2, 0.25) is 0 Å². The van der Waals surface area contributed by atoms with Crippen molar-refractivity contribution in [2.75, 3.05) is 13.2 Å². The van der Waals surface area contributed by atoms with E-state index in [1.54, 1.807) is 38.1 Å². The zero-order valence-corrected chi connectivity index (χ0v) is 17.8. The van der Waals surface area contributed by atoms with Crippen molar-refractivity contribution in [1.29, 1.82) is 0 Å². The molecule has 0 amide bonds. The molecule has 2 rings (SSSR count). The fraction of sp³-hybridized carbons (Fsp3) is 0.308. The molecule has 0 aromatic heterocycles. The maximum absolute atomic E-state index is 12.8. The molecular formula is C26H26O5. The van der Waals surface area contributed by atoms with Crippen molar-refractivity contribution in [3.63, 3.8) is 0 Å². The number of hydrogen-bond acceptors (Lipinski definition) is 5. The highest BCUT2D eigenvalue weighted by atomic mass is 16.6. The fourth-order valence-electron chi connectivity index (χ4n) is 2.81. The van der Waals surface area contributed by atoms with Crippen LogP contribution in [0.15, 0.2) is 60.7 Å². The standard InChI is InChI=1S/C26H26O5/c1-3-30-24(28)26(25(29)31-4-2,19-11-15-21-13-7-5-8-14-21)20-12-18-23(27)22-16-9-6-10-17-22/h5-10,13-14,16-17,23,27H,3-4,19-20H2,1-2H3. The molecule has 1 unspecified atom stereocenters. The van der Waals surface area contributed by atoms with E-state index in [2.05, 4.69) is 23.7 Å². The first-order valence-electron chi connectivity index (χ1n) is 10.1. The minimum atomic E-state index is -1.70. The van der Waals surface area contributed by atoms with Gasteiger partial charge in [-0.1, -0.05) is 72.2 Å². The van der Waals surface area contributed by atoms with Crippen molar-refractivity contribution in [2.45, 2.75) is 32.8 Å². The molecule has 0 saturated heterocycles. The summed E-state index contributed by atoms with van der Waals surface area (Å²) in [6.45, 7) is 3.53. The van der Waals surface area contributed by atoms with Crippen LogP contribution in [0.2, 0.25) is 0 Å². The highest BCUT2D eigenvalue weighted by molar-refractivity contribution is 6.00. The van der Waals surface area contributed by atoms with Crippen LogP contribution in [0.4, 0.5) is 0 Å². The number of aliphatic hydroxyl groups excluding tert-OH is 1. The van der Waals surface area contributed by atoms with Crippen molar-refractivity contribution in [1.82, 2.24) is 0 Å². The van der Waals surface area contributed by atoms with E-state index in [4.69, 9.17) is 9.47 Å². The lowest BCUT2D eigenvalue weighted by atomic mass is 9.81. The van der Waals surface area contributed by atoms with Gasteiger partial charge in [-0.2, -0.15) is 0 Å². The number of carbonyl (C=O) groups is 2. The van der Waals surface area contributed by atoms with Gasteiger partial charge >= 0.3 is 11.9 Å². The molecule has 5 nitrogen and oxygen atoms in total. The molecule has 0 saturated carbocycles. The van der Waals surface area contributed by atoms with Crippen molar-refractivity contribution in [2.24, 2.45) is 5.41 Å². The molecule has 160 valence electrons. The van der Waals surface area contributed by atoms with Crippen LogP contribution in [-0.2, 0) is 19.1 Å². The van der Waals surface area contributed by atoms with E-state index in [-0.39, 0.29) is 26.1 Å². The van der Waals surface area contributed by atoms with Crippen LogP contribution >= 0.6 is 0 Å². The van der Waals surface area contributed by atoms with E-state index in [0.29, 0.717) is 5.56 Å². The second-order valence-electron chi connectivity index (χ2n) is 6.68. The van der Waals surface area contributed by atoms with Gasteiger partial charge in [-0.25, -0.2) is 0 Å². The Labute approximate surface area is 183 Å². The Bertz CT molecular complexity index is 956. The molecule has 0 aliphatic heterocycles. The molecule has 0 aliphatic carbocycles. The number of benzene rings is 2. The molecule has 0 fully saturated rings. The van der Waals surface area contributed by atoms with Crippen LogP contribution in [-0.4, -0.2) is 30.3 Å². The van der Waals surface area contributed by atoms with E-state index in [0.717, 1.165) is 5.56 Å². The van der Waals surface area contributed by atoms with Crippen molar-refractivity contribution in [3.05, 3.63) is 71.8 Å². The Balaban J connectivity index is 2.35. The summed E-state index contributed by atoms with van der Waals surface area (Å²) in [6.07, 6.45) is -1.34. The summed E-state index contributed by atoms with van der Waals surface area (Å²) >= 11 is 0. The SMILES string of the molecule is CCOC(=O)C(CC#Cc1ccccc1)(CC#CC(O)c1ccccc1)C(=O)OCC. The van der Waals surface area contributed by atoms with Crippen LogP contribution in [0.1, 0.15) is 43.9 Å². The average Bonchev–Trinajstić information content (AvgIpc) is 2.79. The second-order valence-corrected chi connectivity index (χ2v) is 6.68. The number of hydrogen-bond donors (Lipinski definition) is 1. The maximum Gasteiger partial charge on any atom is 0.325 e. The lowest BCUT2D eigenvalue weighted by molar-refractivity contribution is -0.171. The van der Waals surface area contributed by atoms with E-state index in [1.807, 2.05) is 36.4 Å². The maximum atomic E-state index is 12.8. The molecule has 0 spiro atoms. The highest BCUT2D eigenvalue weighted by Crippen LogP contribution is 2.30. The molecule has 1 atom stereocenters. The van der Waals surface area contributed by atoms with Crippen molar-refractivity contribution in [3.8, 4) is 23.7 Å². The number of esters is 2. The Morgan fingerprint density at radius 2 is 1.39 bits per heavy atom. The quantitative estimate of drug-likeness (QED) is 0.422. The third-order valence-corrected chi connectivity index (χ3v) is 4.47. The Morgan fingerprint density at radius 1 is 0.871 bits per heavy atom. The summed E-state index contributed by atoms with van der Waals surface area (Å²) in [5.41, 5.74) is -0.316. The number of rotatable bonds is 7. The van der Waals surface area contributed by atoms with Crippen LogP contribution in [0, 0.1) is 29.1 Å². The van der Waals surface area contributed by atoms with E-state index < -0.39 is 23.5 Å². The first-order chi connectivity index (χ1) is 15.0. The molecule has 0 radical (unpaired) electrons. The average molecular weight is 418 g/mol. The first-order valence-corrected chi connectivity index (χ1v) is 10.1. The predicted octanol–water partition coefficient (Wildman–Crippen LogP) is 3.67. The monoisotopic (exact) mass is 418 g/mol. The Kier molecular flexibility index (Phi) is 9.36. The van der Waals surface area contributed by atoms with Gasteiger partial charge in [-0.05, 0) is 31.5 Å². The van der Waals surface area contributed by atoms with Crippen molar-refractivity contribution >= 4 is 11.9 Å². The summed E-state index contributed by atoms with van der Waals surface area (Å²) in [5, 5.41) is 10.3. The highest BCUT2D eigenvalue weighted by Gasteiger charge is 2.48. The second kappa shape index (κ2) is 12.2.